The molecule has 0 aliphatic carbocycles. The van der Waals surface area contributed by atoms with Gasteiger partial charge in [-0.05, 0) is 30.3 Å². The molecule has 2 aromatic rings. The van der Waals surface area contributed by atoms with E-state index in [1.54, 1.807) is 0 Å². The molecule has 0 saturated heterocycles. The summed E-state index contributed by atoms with van der Waals surface area (Å²) >= 11 is 0. The lowest BCUT2D eigenvalue weighted by Gasteiger charge is -2.09. The van der Waals surface area contributed by atoms with Gasteiger partial charge in [-0.3, -0.25) is 0 Å². The van der Waals surface area contributed by atoms with Gasteiger partial charge in [-0.2, -0.15) is 0 Å². The molecule has 0 bridgehead atoms. The quantitative estimate of drug-likeness (QED) is 0.723. The monoisotopic (exact) mass is 270 g/mol. The van der Waals surface area contributed by atoms with Gasteiger partial charge in [0.15, 0.2) is 0 Å². The Morgan fingerprint density at radius 3 is 2.50 bits per heavy atom. The summed E-state index contributed by atoms with van der Waals surface area (Å²) in [7, 11) is 1.96. The number of hydrogen-bond donors (Lipinski definition) is 2. The van der Waals surface area contributed by atoms with Crippen LogP contribution in [0.25, 0.3) is 0 Å². The average Bonchev–Trinajstić information content (AvgIpc) is 2.51. The number of ether oxygens (including phenoxy) is 1. The van der Waals surface area contributed by atoms with E-state index in [1.165, 1.54) is 11.1 Å². The van der Waals surface area contributed by atoms with Crippen LogP contribution in [-0.2, 0) is 13.2 Å². The van der Waals surface area contributed by atoms with E-state index in [9.17, 15) is 0 Å². The molecule has 0 atom stereocenters. The summed E-state index contributed by atoms with van der Waals surface area (Å²) in [6, 6.07) is 18.5. The second kappa shape index (κ2) is 8.35. The minimum absolute atomic E-state index is 0.609. The van der Waals surface area contributed by atoms with E-state index in [-0.39, 0.29) is 0 Å². The van der Waals surface area contributed by atoms with Crippen molar-refractivity contribution in [2.45, 2.75) is 13.2 Å². The first-order chi connectivity index (χ1) is 9.88. The first-order valence-corrected chi connectivity index (χ1v) is 6.99. The molecule has 20 heavy (non-hydrogen) atoms. The first kappa shape index (κ1) is 14.6. The largest absolute Gasteiger partial charge is 0.489 e. The smallest absolute Gasteiger partial charge is 0.120 e. The van der Waals surface area contributed by atoms with Crippen molar-refractivity contribution in [2.75, 3.05) is 20.1 Å². The highest BCUT2D eigenvalue weighted by Crippen LogP contribution is 2.15. The molecule has 0 fully saturated rings. The van der Waals surface area contributed by atoms with Gasteiger partial charge in [0.1, 0.15) is 12.4 Å². The fourth-order valence-corrected chi connectivity index (χ4v) is 1.93. The standard InChI is InChI=1S/C17H22N2O/c1-18-10-11-19-13-16-8-5-9-17(12-16)20-14-15-6-3-2-4-7-15/h2-9,12,18-19H,10-11,13-14H2,1H3. The molecular formula is C17H22N2O. The van der Waals surface area contributed by atoms with Gasteiger partial charge in [0, 0.05) is 19.6 Å². The Morgan fingerprint density at radius 1 is 0.900 bits per heavy atom. The molecule has 3 heteroatoms. The predicted octanol–water partition coefficient (Wildman–Crippen LogP) is 2.57. The summed E-state index contributed by atoms with van der Waals surface area (Å²) < 4.78 is 5.82. The summed E-state index contributed by atoms with van der Waals surface area (Å²) in [5.74, 6) is 0.918. The predicted molar refractivity (Wildman–Crippen MR) is 82.8 cm³/mol. The van der Waals surface area contributed by atoms with Crippen LogP contribution in [0.5, 0.6) is 5.75 Å². The maximum absolute atomic E-state index is 5.82. The Bertz CT molecular complexity index is 499. The molecule has 0 aliphatic heterocycles. The molecule has 106 valence electrons. The molecule has 2 rings (SSSR count). The number of hydrogen-bond acceptors (Lipinski definition) is 3. The van der Waals surface area contributed by atoms with Crippen molar-refractivity contribution >= 4 is 0 Å². The van der Waals surface area contributed by atoms with Gasteiger partial charge < -0.3 is 15.4 Å². The fourth-order valence-electron chi connectivity index (χ4n) is 1.93. The van der Waals surface area contributed by atoms with Crippen LogP contribution < -0.4 is 15.4 Å². The maximum atomic E-state index is 5.82. The van der Waals surface area contributed by atoms with Crippen molar-refractivity contribution in [1.29, 1.82) is 0 Å². The second-order valence-electron chi connectivity index (χ2n) is 4.70. The molecule has 0 saturated carbocycles. The van der Waals surface area contributed by atoms with Crippen molar-refractivity contribution < 1.29 is 4.74 Å². The highest BCUT2D eigenvalue weighted by atomic mass is 16.5. The summed E-state index contributed by atoms with van der Waals surface area (Å²) in [5.41, 5.74) is 2.43. The summed E-state index contributed by atoms with van der Waals surface area (Å²) in [6.45, 7) is 3.41. The third-order valence-electron chi connectivity index (χ3n) is 3.03. The van der Waals surface area contributed by atoms with E-state index in [0.29, 0.717) is 6.61 Å². The van der Waals surface area contributed by atoms with E-state index >= 15 is 0 Å². The number of likely N-dealkylation sites (N-methyl/N-ethyl adjacent to an activating group) is 1. The second-order valence-corrected chi connectivity index (χ2v) is 4.70. The maximum Gasteiger partial charge on any atom is 0.120 e. The Kier molecular flexibility index (Phi) is 6.08. The summed E-state index contributed by atoms with van der Waals surface area (Å²) in [5, 5.41) is 6.50. The third kappa shape index (κ3) is 5.03. The van der Waals surface area contributed by atoms with E-state index in [2.05, 4.69) is 34.9 Å². The molecule has 0 heterocycles. The number of rotatable bonds is 8. The third-order valence-corrected chi connectivity index (χ3v) is 3.03. The van der Waals surface area contributed by atoms with Crippen LogP contribution in [0.3, 0.4) is 0 Å². The van der Waals surface area contributed by atoms with Crippen LogP contribution in [0.1, 0.15) is 11.1 Å². The molecule has 0 unspecified atom stereocenters. The summed E-state index contributed by atoms with van der Waals surface area (Å²) in [4.78, 5) is 0. The zero-order valence-electron chi connectivity index (χ0n) is 11.9. The minimum Gasteiger partial charge on any atom is -0.489 e. The first-order valence-electron chi connectivity index (χ1n) is 6.99. The molecule has 0 radical (unpaired) electrons. The molecule has 0 amide bonds. The van der Waals surface area contributed by atoms with Gasteiger partial charge >= 0.3 is 0 Å². The van der Waals surface area contributed by atoms with Gasteiger partial charge in [0.25, 0.3) is 0 Å². The zero-order chi connectivity index (χ0) is 14.0. The highest BCUT2D eigenvalue weighted by molar-refractivity contribution is 5.29. The molecule has 0 aliphatic rings. The fraction of sp³-hybridized carbons (Fsp3) is 0.294. The Balaban J connectivity index is 1.83. The normalized spacial score (nSPS) is 10.4. The molecular weight excluding hydrogens is 248 g/mol. The van der Waals surface area contributed by atoms with Crippen LogP contribution in [0.2, 0.25) is 0 Å². The van der Waals surface area contributed by atoms with Gasteiger partial charge in [0.05, 0.1) is 0 Å². The lowest BCUT2D eigenvalue weighted by Crippen LogP contribution is -2.24. The molecule has 0 spiro atoms. The van der Waals surface area contributed by atoms with Gasteiger partial charge in [0.2, 0.25) is 0 Å². The molecule has 0 aromatic heterocycles. The van der Waals surface area contributed by atoms with Crippen molar-refractivity contribution in [3.8, 4) is 5.75 Å². The molecule has 3 nitrogen and oxygen atoms in total. The lowest BCUT2D eigenvalue weighted by molar-refractivity contribution is 0.306. The Morgan fingerprint density at radius 2 is 1.70 bits per heavy atom. The van der Waals surface area contributed by atoms with E-state index < -0.39 is 0 Å². The summed E-state index contributed by atoms with van der Waals surface area (Å²) in [6.07, 6.45) is 0. The molecule has 2 aromatic carbocycles. The van der Waals surface area contributed by atoms with Crippen LogP contribution >= 0.6 is 0 Å². The SMILES string of the molecule is CNCCNCc1cccc(OCc2ccccc2)c1. The Hall–Kier alpha value is -1.84. The number of benzene rings is 2. The van der Waals surface area contributed by atoms with Gasteiger partial charge in [-0.1, -0.05) is 42.5 Å². The van der Waals surface area contributed by atoms with Gasteiger partial charge in [-0.15, -0.1) is 0 Å². The topological polar surface area (TPSA) is 33.3 Å². The van der Waals surface area contributed by atoms with E-state index in [1.807, 2.05) is 37.4 Å². The van der Waals surface area contributed by atoms with Crippen molar-refractivity contribution in [3.05, 3.63) is 65.7 Å². The van der Waals surface area contributed by atoms with E-state index in [4.69, 9.17) is 4.74 Å². The number of nitrogens with one attached hydrogen (secondary N) is 2. The van der Waals surface area contributed by atoms with Crippen LogP contribution in [0, 0.1) is 0 Å². The molecule has 2 N–H and O–H groups in total. The highest BCUT2D eigenvalue weighted by Gasteiger charge is 1.98. The van der Waals surface area contributed by atoms with Crippen molar-refractivity contribution in [3.63, 3.8) is 0 Å². The van der Waals surface area contributed by atoms with Gasteiger partial charge in [-0.25, -0.2) is 0 Å². The Labute approximate surface area is 121 Å². The zero-order valence-corrected chi connectivity index (χ0v) is 11.9. The average molecular weight is 270 g/mol. The minimum atomic E-state index is 0.609. The van der Waals surface area contributed by atoms with Crippen molar-refractivity contribution in [2.24, 2.45) is 0 Å². The van der Waals surface area contributed by atoms with Crippen LogP contribution in [0.15, 0.2) is 54.6 Å². The van der Waals surface area contributed by atoms with Crippen molar-refractivity contribution in [1.82, 2.24) is 10.6 Å². The van der Waals surface area contributed by atoms with E-state index in [0.717, 1.165) is 25.4 Å². The van der Waals surface area contributed by atoms with Crippen LogP contribution in [-0.4, -0.2) is 20.1 Å². The lowest BCUT2D eigenvalue weighted by atomic mass is 10.2. The van der Waals surface area contributed by atoms with Crippen LogP contribution in [0.4, 0.5) is 0 Å².